The summed E-state index contributed by atoms with van der Waals surface area (Å²) in [5.74, 6) is 0.0178. The molecule has 154 valence electrons. The molecule has 0 unspecified atom stereocenters. The topological polar surface area (TPSA) is 104 Å². The highest BCUT2D eigenvalue weighted by Gasteiger charge is 2.56. The summed E-state index contributed by atoms with van der Waals surface area (Å²) in [7, 11) is 0. The molecule has 9 heteroatoms. The van der Waals surface area contributed by atoms with E-state index >= 15 is 0 Å². The van der Waals surface area contributed by atoms with Crippen LogP contribution in [0, 0.1) is 17.3 Å². The molecule has 1 aliphatic heterocycles. The number of hydrogen-bond acceptors (Lipinski definition) is 6. The Bertz CT molecular complexity index is 790. The fourth-order valence-electron chi connectivity index (χ4n) is 4.69. The number of nitrogens with one attached hydrogen (secondary N) is 2. The molecule has 0 radical (unpaired) electrons. The second-order valence-corrected chi connectivity index (χ2v) is 10.5. The normalized spacial score (nSPS) is 26.8. The second-order valence-electron chi connectivity index (χ2n) is 9.41. The lowest BCUT2D eigenvalue weighted by atomic mass is 9.64. The van der Waals surface area contributed by atoms with Crippen molar-refractivity contribution in [1.29, 1.82) is 0 Å². The van der Waals surface area contributed by atoms with Crippen LogP contribution >= 0.6 is 11.3 Å². The van der Waals surface area contributed by atoms with Gasteiger partial charge in [-0.15, -0.1) is 10.2 Å². The van der Waals surface area contributed by atoms with Crippen molar-refractivity contribution in [1.82, 2.24) is 20.4 Å². The Kier molecular flexibility index (Phi) is 5.49. The van der Waals surface area contributed by atoms with Crippen LogP contribution in [-0.2, 0) is 16.0 Å². The molecule has 2 heterocycles. The fourth-order valence-corrected chi connectivity index (χ4v) is 5.66. The highest BCUT2D eigenvalue weighted by atomic mass is 32.1. The van der Waals surface area contributed by atoms with Gasteiger partial charge in [0.1, 0.15) is 17.1 Å². The van der Waals surface area contributed by atoms with Gasteiger partial charge in [-0.05, 0) is 36.5 Å². The molecule has 3 rings (SSSR count). The summed E-state index contributed by atoms with van der Waals surface area (Å²) in [4.78, 5) is 39.0. The standard InChI is InChI=1S/C19H29N5O3S/c1-11(2)6-14-22-23-16(28-14)20-13(25)9-24-15(26)19(21-17(24)27)8-12(3)7-18(4,5)10-19/h11-12H,6-10H2,1-5H3,(H,21,27)(H,20,23,25)/t12-,19-/m0/s1. The minimum absolute atomic E-state index is 0.0434. The van der Waals surface area contributed by atoms with Crippen molar-refractivity contribution in [2.75, 3.05) is 11.9 Å². The van der Waals surface area contributed by atoms with Crippen LogP contribution in [0.3, 0.4) is 0 Å². The predicted octanol–water partition coefficient (Wildman–Crippen LogP) is 2.81. The first kappa shape index (κ1) is 20.7. The third kappa shape index (κ3) is 4.34. The molecule has 1 spiro atoms. The first-order chi connectivity index (χ1) is 13.0. The number of anilines is 1. The Labute approximate surface area is 169 Å². The van der Waals surface area contributed by atoms with Crippen LogP contribution in [0.1, 0.15) is 58.9 Å². The van der Waals surface area contributed by atoms with E-state index in [2.05, 4.69) is 55.4 Å². The highest BCUT2D eigenvalue weighted by molar-refractivity contribution is 7.15. The fraction of sp³-hybridized carbons (Fsp3) is 0.737. The average molecular weight is 408 g/mol. The minimum Gasteiger partial charge on any atom is -0.323 e. The summed E-state index contributed by atoms with van der Waals surface area (Å²) in [6.07, 6.45) is 2.99. The van der Waals surface area contributed by atoms with E-state index in [4.69, 9.17) is 0 Å². The lowest BCUT2D eigenvalue weighted by molar-refractivity contribution is -0.136. The van der Waals surface area contributed by atoms with E-state index in [9.17, 15) is 14.4 Å². The molecular weight excluding hydrogens is 378 g/mol. The molecule has 8 nitrogen and oxygen atoms in total. The Balaban J connectivity index is 1.66. The van der Waals surface area contributed by atoms with Gasteiger partial charge in [-0.2, -0.15) is 0 Å². The maximum Gasteiger partial charge on any atom is 0.325 e. The SMILES string of the molecule is CC(C)Cc1nnc(NC(=O)CN2C(=O)N[C@]3(C[C@@H](C)CC(C)(C)C3)C2=O)s1. The molecule has 0 aromatic carbocycles. The quantitative estimate of drug-likeness (QED) is 0.731. The number of urea groups is 1. The van der Waals surface area contributed by atoms with Gasteiger partial charge in [0, 0.05) is 6.42 Å². The molecule has 1 saturated carbocycles. The van der Waals surface area contributed by atoms with E-state index in [1.807, 2.05) is 0 Å². The minimum atomic E-state index is -0.897. The van der Waals surface area contributed by atoms with Crippen molar-refractivity contribution in [3.63, 3.8) is 0 Å². The smallest absolute Gasteiger partial charge is 0.323 e. The zero-order valence-corrected chi connectivity index (χ0v) is 18.0. The number of rotatable bonds is 5. The summed E-state index contributed by atoms with van der Waals surface area (Å²) in [6, 6.07) is -0.497. The number of imide groups is 1. The first-order valence-electron chi connectivity index (χ1n) is 9.76. The zero-order valence-electron chi connectivity index (χ0n) is 17.2. The maximum absolute atomic E-state index is 13.1. The number of carbonyl (C=O) groups is 3. The van der Waals surface area contributed by atoms with Gasteiger partial charge in [0.25, 0.3) is 5.91 Å². The monoisotopic (exact) mass is 407 g/mol. The lowest BCUT2D eigenvalue weighted by Crippen LogP contribution is -2.54. The van der Waals surface area contributed by atoms with Gasteiger partial charge in [-0.1, -0.05) is 46.0 Å². The molecule has 28 heavy (non-hydrogen) atoms. The Hall–Kier alpha value is -2.03. The van der Waals surface area contributed by atoms with Crippen LogP contribution in [0.15, 0.2) is 0 Å². The molecule has 2 aliphatic rings. The summed E-state index contributed by atoms with van der Waals surface area (Å²) in [5.41, 5.74) is -0.941. The number of hydrogen-bond donors (Lipinski definition) is 2. The van der Waals surface area contributed by atoms with E-state index in [0.717, 1.165) is 22.7 Å². The van der Waals surface area contributed by atoms with E-state index < -0.39 is 17.5 Å². The highest BCUT2D eigenvalue weighted by Crippen LogP contribution is 2.46. The Morgan fingerprint density at radius 3 is 2.68 bits per heavy atom. The summed E-state index contributed by atoms with van der Waals surface area (Å²) >= 11 is 1.31. The van der Waals surface area contributed by atoms with Crippen molar-refractivity contribution in [2.45, 2.75) is 65.8 Å². The van der Waals surface area contributed by atoms with Crippen molar-refractivity contribution in [2.24, 2.45) is 17.3 Å². The molecule has 1 aromatic rings. The van der Waals surface area contributed by atoms with E-state index in [1.54, 1.807) is 0 Å². The summed E-state index contributed by atoms with van der Waals surface area (Å²) < 4.78 is 0. The summed E-state index contributed by atoms with van der Waals surface area (Å²) in [6.45, 7) is 10.2. The number of nitrogens with zero attached hydrogens (tertiary/aromatic N) is 3. The molecule has 1 aliphatic carbocycles. The average Bonchev–Trinajstić information content (AvgIpc) is 3.03. The second kappa shape index (κ2) is 7.42. The molecule has 1 saturated heterocycles. The third-order valence-electron chi connectivity index (χ3n) is 5.22. The van der Waals surface area contributed by atoms with Crippen molar-refractivity contribution < 1.29 is 14.4 Å². The number of aromatic nitrogens is 2. The summed E-state index contributed by atoms with van der Waals surface area (Å²) in [5, 5.41) is 14.8. The molecule has 2 fully saturated rings. The molecule has 2 atom stereocenters. The predicted molar refractivity (Wildman–Crippen MR) is 107 cm³/mol. The maximum atomic E-state index is 13.1. The number of carbonyl (C=O) groups excluding carboxylic acids is 3. The van der Waals surface area contributed by atoms with Gasteiger partial charge in [0.15, 0.2) is 0 Å². The van der Waals surface area contributed by atoms with E-state index in [1.165, 1.54) is 11.3 Å². The van der Waals surface area contributed by atoms with Crippen molar-refractivity contribution >= 4 is 34.3 Å². The zero-order chi connectivity index (χ0) is 20.7. The van der Waals surface area contributed by atoms with Gasteiger partial charge < -0.3 is 5.32 Å². The molecule has 2 N–H and O–H groups in total. The van der Waals surface area contributed by atoms with E-state index in [0.29, 0.717) is 29.8 Å². The Morgan fingerprint density at radius 1 is 1.32 bits per heavy atom. The molecule has 4 amide bonds. The Morgan fingerprint density at radius 2 is 2.04 bits per heavy atom. The molecule has 1 aromatic heterocycles. The third-order valence-corrected chi connectivity index (χ3v) is 6.08. The van der Waals surface area contributed by atoms with Crippen molar-refractivity contribution in [3.05, 3.63) is 5.01 Å². The molecule has 0 bridgehead atoms. The van der Waals surface area contributed by atoms with Crippen LogP contribution < -0.4 is 10.6 Å². The van der Waals surface area contributed by atoms with Gasteiger partial charge >= 0.3 is 6.03 Å². The van der Waals surface area contributed by atoms with Gasteiger partial charge in [-0.3, -0.25) is 19.8 Å². The van der Waals surface area contributed by atoms with E-state index in [-0.39, 0.29) is 17.9 Å². The first-order valence-corrected chi connectivity index (χ1v) is 10.6. The largest absolute Gasteiger partial charge is 0.325 e. The van der Waals surface area contributed by atoms with Gasteiger partial charge in [0.05, 0.1) is 0 Å². The van der Waals surface area contributed by atoms with Crippen LogP contribution in [0.4, 0.5) is 9.93 Å². The molecular formula is C19H29N5O3S. The van der Waals surface area contributed by atoms with Crippen LogP contribution in [0.5, 0.6) is 0 Å². The lowest BCUT2D eigenvalue weighted by Gasteiger charge is -2.43. The van der Waals surface area contributed by atoms with Crippen LogP contribution in [0.2, 0.25) is 0 Å². The number of amides is 4. The van der Waals surface area contributed by atoms with Crippen molar-refractivity contribution in [3.8, 4) is 0 Å². The van der Waals surface area contributed by atoms with Crippen LogP contribution in [0.25, 0.3) is 0 Å². The van der Waals surface area contributed by atoms with Crippen LogP contribution in [-0.4, -0.2) is 45.0 Å². The van der Waals surface area contributed by atoms with Gasteiger partial charge in [-0.25, -0.2) is 4.79 Å². The van der Waals surface area contributed by atoms with Gasteiger partial charge in [0.2, 0.25) is 11.0 Å².